The quantitative estimate of drug-likeness (QED) is 0.745. The minimum absolute atomic E-state index is 0.0267. The largest absolute Gasteiger partial charge is 0.294 e. The Morgan fingerprint density at radius 1 is 1.22 bits per heavy atom. The molecule has 0 bridgehead atoms. The van der Waals surface area contributed by atoms with Gasteiger partial charge in [0.1, 0.15) is 9.84 Å². The summed E-state index contributed by atoms with van der Waals surface area (Å²) in [7, 11) is -2.97. The van der Waals surface area contributed by atoms with Crippen molar-refractivity contribution in [2.45, 2.75) is 33.6 Å². The predicted octanol–water partition coefficient (Wildman–Crippen LogP) is 2.70. The number of rotatable bonds is 6. The Kier molecular flexibility index (Phi) is 5.08. The highest BCUT2D eigenvalue weighted by atomic mass is 32.2. The van der Waals surface area contributed by atoms with Crippen molar-refractivity contribution in [1.82, 2.24) is 0 Å². The summed E-state index contributed by atoms with van der Waals surface area (Å²) in [5.41, 5.74) is 2.78. The summed E-state index contributed by atoms with van der Waals surface area (Å²) in [5, 5.41) is 0. The minimum atomic E-state index is -2.97. The molecule has 0 fully saturated rings. The first-order valence-electron chi connectivity index (χ1n) is 6.16. The fourth-order valence-electron chi connectivity index (χ4n) is 1.86. The molecule has 0 aromatic heterocycles. The van der Waals surface area contributed by atoms with E-state index in [-0.39, 0.29) is 17.3 Å². The summed E-state index contributed by atoms with van der Waals surface area (Å²) in [6.07, 6.45) is 0.700. The van der Waals surface area contributed by atoms with Crippen molar-refractivity contribution < 1.29 is 13.2 Å². The second-order valence-electron chi connectivity index (χ2n) is 4.58. The first kappa shape index (κ1) is 14.9. The maximum absolute atomic E-state index is 12.0. The molecule has 0 aliphatic heterocycles. The minimum Gasteiger partial charge on any atom is -0.294 e. The average molecular weight is 268 g/mol. The smallest absolute Gasteiger partial charge is 0.163 e. The summed E-state index contributed by atoms with van der Waals surface area (Å²) < 4.78 is 22.6. The van der Waals surface area contributed by atoms with Gasteiger partial charge in [-0.05, 0) is 25.8 Å². The van der Waals surface area contributed by atoms with Crippen LogP contribution in [0.15, 0.2) is 18.2 Å². The monoisotopic (exact) mass is 268 g/mol. The van der Waals surface area contributed by atoms with E-state index in [1.54, 1.807) is 6.92 Å². The van der Waals surface area contributed by atoms with Crippen molar-refractivity contribution in [2.24, 2.45) is 0 Å². The molecule has 1 aromatic rings. The summed E-state index contributed by atoms with van der Waals surface area (Å²) in [5.74, 6) is 0.268. The number of sulfone groups is 1. The van der Waals surface area contributed by atoms with Crippen LogP contribution in [0.3, 0.4) is 0 Å². The zero-order valence-electron chi connectivity index (χ0n) is 11.2. The average Bonchev–Trinajstić information content (AvgIpc) is 2.28. The van der Waals surface area contributed by atoms with Gasteiger partial charge in [0.25, 0.3) is 0 Å². The lowest BCUT2D eigenvalue weighted by Crippen LogP contribution is -2.11. The summed E-state index contributed by atoms with van der Waals surface area (Å²) in [4.78, 5) is 12.0. The van der Waals surface area contributed by atoms with Gasteiger partial charge in [0.15, 0.2) is 5.78 Å². The lowest BCUT2D eigenvalue weighted by atomic mass is 10.00. The predicted molar refractivity (Wildman–Crippen MR) is 73.8 cm³/mol. The molecule has 3 nitrogen and oxygen atoms in total. The summed E-state index contributed by atoms with van der Waals surface area (Å²) in [6.45, 7) is 5.51. The van der Waals surface area contributed by atoms with Crippen molar-refractivity contribution in [3.8, 4) is 0 Å². The van der Waals surface area contributed by atoms with E-state index in [2.05, 4.69) is 0 Å². The number of hydrogen-bond acceptors (Lipinski definition) is 3. The molecule has 0 radical (unpaired) electrons. The third kappa shape index (κ3) is 4.26. The van der Waals surface area contributed by atoms with E-state index >= 15 is 0 Å². The van der Waals surface area contributed by atoms with Crippen LogP contribution in [0, 0.1) is 13.8 Å². The van der Waals surface area contributed by atoms with Crippen molar-refractivity contribution in [2.75, 3.05) is 11.5 Å². The molecule has 0 amide bonds. The number of hydrogen-bond donors (Lipinski definition) is 0. The van der Waals surface area contributed by atoms with Crippen LogP contribution in [-0.2, 0) is 9.84 Å². The van der Waals surface area contributed by atoms with Gasteiger partial charge in [0, 0.05) is 17.7 Å². The van der Waals surface area contributed by atoms with Crippen molar-refractivity contribution in [3.05, 3.63) is 34.9 Å². The SMILES string of the molecule is CCS(=O)(=O)CCCC(=O)c1ccc(C)cc1C. The molecular weight excluding hydrogens is 248 g/mol. The lowest BCUT2D eigenvalue weighted by molar-refractivity contribution is 0.0981. The second kappa shape index (κ2) is 6.14. The molecule has 0 saturated carbocycles. The van der Waals surface area contributed by atoms with Gasteiger partial charge in [-0.1, -0.05) is 30.7 Å². The highest BCUT2D eigenvalue weighted by Gasteiger charge is 2.12. The van der Waals surface area contributed by atoms with E-state index in [9.17, 15) is 13.2 Å². The number of ketones is 1. The highest BCUT2D eigenvalue weighted by molar-refractivity contribution is 7.91. The zero-order chi connectivity index (χ0) is 13.8. The molecule has 0 aliphatic rings. The lowest BCUT2D eigenvalue weighted by Gasteiger charge is -2.06. The zero-order valence-corrected chi connectivity index (χ0v) is 12.0. The van der Waals surface area contributed by atoms with Crippen LogP contribution in [0.25, 0.3) is 0 Å². The third-order valence-electron chi connectivity index (χ3n) is 2.98. The van der Waals surface area contributed by atoms with E-state index < -0.39 is 9.84 Å². The van der Waals surface area contributed by atoms with Crippen LogP contribution >= 0.6 is 0 Å². The van der Waals surface area contributed by atoms with Crippen LogP contribution in [0.1, 0.15) is 41.3 Å². The molecule has 0 atom stereocenters. The Morgan fingerprint density at radius 3 is 2.44 bits per heavy atom. The van der Waals surface area contributed by atoms with Gasteiger partial charge < -0.3 is 0 Å². The fraction of sp³-hybridized carbons (Fsp3) is 0.500. The molecule has 100 valence electrons. The third-order valence-corrected chi connectivity index (χ3v) is 4.77. The second-order valence-corrected chi connectivity index (χ2v) is 7.05. The molecule has 4 heteroatoms. The van der Waals surface area contributed by atoms with E-state index in [1.807, 2.05) is 32.0 Å². The van der Waals surface area contributed by atoms with E-state index in [0.717, 1.165) is 11.1 Å². The van der Waals surface area contributed by atoms with Crippen LogP contribution < -0.4 is 0 Å². The molecule has 1 rings (SSSR count). The highest BCUT2D eigenvalue weighted by Crippen LogP contribution is 2.14. The molecule has 0 unspecified atom stereocenters. The molecule has 0 heterocycles. The Bertz CT molecular complexity index is 530. The molecule has 0 N–H and O–H groups in total. The standard InChI is InChI=1S/C14H20O3S/c1-4-18(16,17)9-5-6-14(15)13-8-7-11(2)10-12(13)3/h7-8,10H,4-6,9H2,1-3H3. The van der Waals surface area contributed by atoms with Crippen molar-refractivity contribution >= 4 is 15.6 Å². The van der Waals surface area contributed by atoms with Crippen LogP contribution in [0.4, 0.5) is 0 Å². The molecule has 0 aliphatic carbocycles. The normalized spacial score (nSPS) is 11.5. The topological polar surface area (TPSA) is 51.2 Å². The van der Waals surface area contributed by atoms with Crippen molar-refractivity contribution in [1.29, 1.82) is 0 Å². The van der Waals surface area contributed by atoms with Gasteiger partial charge in [-0.25, -0.2) is 8.42 Å². The van der Waals surface area contributed by atoms with Gasteiger partial charge in [0.05, 0.1) is 5.75 Å². The summed E-state index contributed by atoms with van der Waals surface area (Å²) >= 11 is 0. The van der Waals surface area contributed by atoms with Gasteiger partial charge in [0.2, 0.25) is 0 Å². The first-order chi connectivity index (χ1) is 8.35. The number of benzene rings is 1. The Morgan fingerprint density at radius 2 is 1.89 bits per heavy atom. The molecule has 1 aromatic carbocycles. The summed E-state index contributed by atoms with van der Waals surface area (Å²) in [6, 6.07) is 5.69. The first-order valence-corrected chi connectivity index (χ1v) is 7.98. The van der Waals surface area contributed by atoms with E-state index in [4.69, 9.17) is 0 Å². The van der Waals surface area contributed by atoms with Gasteiger partial charge in [-0.15, -0.1) is 0 Å². The number of aryl methyl sites for hydroxylation is 2. The van der Waals surface area contributed by atoms with Crippen LogP contribution in [0.5, 0.6) is 0 Å². The Balaban J connectivity index is 2.61. The van der Waals surface area contributed by atoms with Crippen LogP contribution in [0.2, 0.25) is 0 Å². The molecule has 0 saturated heterocycles. The Hall–Kier alpha value is -1.16. The van der Waals surface area contributed by atoms with Crippen LogP contribution in [-0.4, -0.2) is 25.7 Å². The molecular formula is C14H20O3S. The fourth-order valence-corrected chi connectivity index (χ4v) is 2.73. The van der Waals surface area contributed by atoms with Gasteiger partial charge in [-0.3, -0.25) is 4.79 Å². The van der Waals surface area contributed by atoms with Gasteiger partial charge >= 0.3 is 0 Å². The maximum Gasteiger partial charge on any atom is 0.163 e. The number of Topliss-reactive ketones (excluding diaryl/α,β-unsaturated/α-hetero) is 1. The number of carbonyl (C=O) groups is 1. The Labute approximate surface area is 109 Å². The van der Waals surface area contributed by atoms with E-state index in [0.29, 0.717) is 18.4 Å². The van der Waals surface area contributed by atoms with Crippen molar-refractivity contribution in [3.63, 3.8) is 0 Å². The molecule has 0 spiro atoms. The van der Waals surface area contributed by atoms with E-state index in [1.165, 1.54) is 0 Å². The van der Waals surface area contributed by atoms with Gasteiger partial charge in [-0.2, -0.15) is 0 Å². The number of carbonyl (C=O) groups excluding carboxylic acids is 1. The molecule has 18 heavy (non-hydrogen) atoms. The maximum atomic E-state index is 12.0.